The number of hydrogen-bond acceptors (Lipinski definition) is 6. The summed E-state index contributed by atoms with van der Waals surface area (Å²) in [6.45, 7) is 3.06. The number of nitro groups is 1. The third-order valence-corrected chi connectivity index (χ3v) is 5.32. The molecule has 0 aromatic heterocycles. The number of carboxylic acids is 1. The van der Waals surface area contributed by atoms with Crippen LogP contribution < -0.4 is 5.32 Å². The van der Waals surface area contributed by atoms with Gasteiger partial charge in [0.2, 0.25) is 5.91 Å². The third kappa shape index (κ3) is 3.91. The van der Waals surface area contributed by atoms with Crippen LogP contribution in [-0.2, 0) is 20.8 Å². The van der Waals surface area contributed by atoms with Crippen molar-refractivity contribution in [3.8, 4) is 0 Å². The predicted octanol–water partition coefficient (Wildman–Crippen LogP) is 0.354. The molecule has 4 unspecified atom stereocenters. The molecule has 1 heterocycles. The average molecular weight is 404 g/mol. The van der Waals surface area contributed by atoms with E-state index in [1.807, 2.05) is 0 Å². The summed E-state index contributed by atoms with van der Waals surface area (Å²) in [7, 11) is 0. The molecule has 1 fully saturated rings. The molecule has 1 aliphatic rings. The lowest BCUT2D eigenvalue weighted by Gasteiger charge is -2.53. The van der Waals surface area contributed by atoms with Gasteiger partial charge in [0.25, 0.3) is 11.5 Å². The van der Waals surface area contributed by atoms with Crippen LogP contribution >= 0.6 is 0 Å². The Hall–Kier alpha value is -3.43. The van der Waals surface area contributed by atoms with Gasteiger partial charge in [0.1, 0.15) is 0 Å². The number of carbonyl (C=O) groups is 3. The lowest BCUT2D eigenvalue weighted by Crippen LogP contribution is -2.76. The number of aliphatic carboxylic acids is 1. The van der Waals surface area contributed by atoms with E-state index in [1.54, 1.807) is 6.92 Å². The topological polar surface area (TPSA) is 183 Å². The number of nitrogens with zero attached hydrogens (tertiary/aromatic N) is 3. The second-order valence-corrected chi connectivity index (χ2v) is 6.90. The summed E-state index contributed by atoms with van der Waals surface area (Å²) < 4.78 is 0. The number of aliphatic hydroxyl groups excluding tert-OH is 1. The molecule has 3 N–H and O–H groups in total. The number of non-ortho nitro benzene ring substituents is 1. The van der Waals surface area contributed by atoms with E-state index in [0.29, 0.717) is 5.56 Å². The first-order valence-corrected chi connectivity index (χ1v) is 8.82. The Labute approximate surface area is 165 Å². The summed E-state index contributed by atoms with van der Waals surface area (Å²) in [5.74, 6) is -5.41. The Balaban J connectivity index is 2.52. The van der Waals surface area contributed by atoms with E-state index in [0.717, 1.165) is 0 Å². The number of amides is 1. The highest BCUT2D eigenvalue weighted by atomic mass is 16.6. The Kier molecular flexibility index (Phi) is 6.25. The smallest absolute Gasteiger partial charge is 0.441 e. The van der Waals surface area contributed by atoms with E-state index in [4.69, 9.17) is 5.53 Å². The van der Waals surface area contributed by atoms with Crippen molar-refractivity contribution in [2.24, 2.45) is 11.8 Å². The first-order valence-electron chi connectivity index (χ1n) is 8.82. The number of aliphatic hydroxyl groups is 1. The van der Waals surface area contributed by atoms with E-state index in [-0.39, 0.29) is 18.5 Å². The van der Waals surface area contributed by atoms with Gasteiger partial charge in [-0.3, -0.25) is 19.7 Å². The lowest BCUT2D eigenvalue weighted by molar-refractivity contribution is -0.384. The Morgan fingerprint density at radius 2 is 1.97 bits per heavy atom. The van der Waals surface area contributed by atoms with Crippen LogP contribution in [0.2, 0.25) is 0 Å². The van der Waals surface area contributed by atoms with E-state index >= 15 is 0 Å². The number of nitro benzene ring substituents is 1. The minimum absolute atomic E-state index is 0.0968. The summed E-state index contributed by atoms with van der Waals surface area (Å²) in [4.78, 5) is 49.2. The van der Waals surface area contributed by atoms with Crippen LogP contribution in [0.15, 0.2) is 24.3 Å². The fraction of sp³-hybridized carbons (Fsp3) is 0.444. The molecular weight excluding hydrogens is 384 g/mol. The highest BCUT2D eigenvalue weighted by Gasteiger charge is 2.61. The van der Waals surface area contributed by atoms with Gasteiger partial charge in [-0.1, -0.05) is 19.1 Å². The first-order chi connectivity index (χ1) is 13.6. The van der Waals surface area contributed by atoms with Crippen LogP contribution in [0.1, 0.15) is 25.8 Å². The zero-order valence-electron chi connectivity index (χ0n) is 15.7. The molecule has 0 aliphatic carbocycles. The quantitative estimate of drug-likeness (QED) is 0.101. The highest BCUT2D eigenvalue weighted by Crippen LogP contribution is 2.42. The molecule has 1 aliphatic heterocycles. The average Bonchev–Trinajstić information content (AvgIpc) is 2.64. The molecule has 0 radical (unpaired) electrons. The van der Waals surface area contributed by atoms with Crippen molar-refractivity contribution >= 4 is 29.1 Å². The number of β-lactam (4-membered cyclic amide) rings is 1. The number of benzene rings is 1. The number of ketones is 1. The number of nitrogens with one attached hydrogen (secondary N) is 1. The van der Waals surface area contributed by atoms with Crippen LogP contribution in [0.4, 0.5) is 5.69 Å². The van der Waals surface area contributed by atoms with Crippen LogP contribution in [-0.4, -0.2) is 54.9 Å². The van der Waals surface area contributed by atoms with Gasteiger partial charge in [0.05, 0.1) is 28.4 Å². The molecule has 0 bridgehead atoms. The fourth-order valence-electron chi connectivity index (χ4n) is 3.91. The summed E-state index contributed by atoms with van der Waals surface area (Å²) >= 11 is 0. The molecule has 29 heavy (non-hydrogen) atoms. The summed E-state index contributed by atoms with van der Waals surface area (Å²) in [6, 6.07) is 5.30. The van der Waals surface area contributed by atoms with E-state index < -0.39 is 51.8 Å². The molecule has 2 rings (SSSR count). The summed E-state index contributed by atoms with van der Waals surface area (Å²) in [5.41, 5.74) is 6.94. The Morgan fingerprint density at radius 1 is 1.38 bits per heavy atom. The second kappa shape index (κ2) is 8.29. The summed E-state index contributed by atoms with van der Waals surface area (Å²) in [5, 5.41) is 32.7. The molecule has 11 heteroatoms. The second-order valence-electron chi connectivity index (χ2n) is 6.90. The van der Waals surface area contributed by atoms with E-state index in [2.05, 4.69) is 10.1 Å². The molecule has 1 saturated heterocycles. The molecule has 154 valence electrons. The molecule has 1 aromatic carbocycles. The summed E-state index contributed by atoms with van der Waals surface area (Å²) in [6.07, 6.45) is -1.02. The highest BCUT2D eigenvalue weighted by molar-refractivity contribution is 6.62. The van der Waals surface area contributed by atoms with Gasteiger partial charge in [-0.15, -0.1) is 0 Å². The number of carboxylic acid groups (broad SMARTS) is 1. The van der Waals surface area contributed by atoms with Gasteiger partial charge in [-0.2, -0.15) is 4.79 Å². The molecule has 4 atom stereocenters. The van der Waals surface area contributed by atoms with Gasteiger partial charge >= 0.3 is 11.7 Å². The molecule has 1 amide bonds. The molecular formula is C18H20N4O7. The number of hydrogen-bond donors (Lipinski definition) is 3. The van der Waals surface area contributed by atoms with Crippen molar-refractivity contribution in [2.45, 2.75) is 38.3 Å². The number of rotatable bonds is 9. The van der Waals surface area contributed by atoms with E-state index in [1.165, 1.54) is 31.2 Å². The van der Waals surface area contributed by atoms with Crippen molar-refractivity contribution in [2.75, 3.05) is 0 Å². The standard InChI is InChI=1S/C18H20N4O7/c1-3-18(13(9(2)23)16(25)20-18)12(15(24)14(21-19)17(26)27)8-10-4-6-11(7-5-10)22(28)29/h4-7,9,12-13,23H,3,8H2,1-2H3,(H,20,25)(H,26,27). The van der Waals surface area contributed by atoms with Gasteiger partial charge < -0.3 is 21.1 Å². The number of carbonyl (C=O) groups excluding carboxylic acids is 2. The maximum Gasteiger partial charge on any atom is 0.441 e. The minimum Gasteiger partial charge on any atom is -0.472 e. The van der Waals surface area contributed by atoms with Crippen LogP contribution in [0.5, 0.6) is 0 Å². The van der Waals surface area contributed by atoms with Crippen LogP contribution in [0.25, 0.3) is 5.53 Å². The van der Waals surface area contributed by atoms with Crippen molar-refractivity contribution in [3.63, 3.8) is 0 Å². The monoisotopic (exact) mass is 404 g/mol. The molecule has 1 aromatic rings. The SMILES string of the molecule is CCC1(C(Cc2ccc([N+](=O)[O-])cc2)C(=O)C(=[N+]=[N-])C(=O)O)NC(=O)C1C(C)O. The van der Waals surface area contributed by atoms with E-state index in [9.17, 15) is 34.7 Å². The maximum absolute atomic E-state index is 13.0. The third-order valence-electron chi connectivity index (χ3n) is 5.32. The largest absolute Gasteiger partial charge is 0.472 e. The Morgan fingerprint density at radius 3 is 2.34 bits per heavy atom. The number of Topliss-reactive ketones (excluding diaryl/α,β-unsaturated/α-hetero) is 1. The first kappa shape index (κ1) is 21.9. The van der Waals surface area contributed by atoms with Crippen molar-refractivity contribution in [3.05, 3.63) is 45.5 Å². The minimum atomic E-state index is -1.74. The van der Waals surface area contributed by atoms with Crippen molar-refractivity contribution in [1.82, 2.24) is 5.32 Å². The predicted molar refractivity (Wildman–Crippen MR) is 97.9 cm³/mol. The van der Waals surface area contributed by atoms with Gasteiger partial charge in [0.15, 0.2) is 0 Å². The normalized spacial score (nSPS) is 22.4. The van der Waals surface area contributed by atoms with Crippen LogP contribution in [0.3, 0.4) is 0 Å². The lowest BCUT2D eigenvalue weighted by atomic mass is 9.61. The molecule has 0 saturated carbocycles. The Bertz CT molecular complexity index is 905. The van der Waals surface area contributed by atoms with Gasteiger partial charge in [0, 0.05) is 12.1 Å². The van der Waals surface area contributed by atoms with Gasteiger partial charge in [-0.25, -0.2) is 4.79 Å². The fourth-order valence-corrected chi connectivity index (χ4v) is 3.91. The maximum atomic E-state index is 13.0. The van der Waals surface area contributed by atoms with Crippen molar-refractivity contribution < 1.29 is 34.3 Å². The zero-order valence-corrected chi connectivity index (χ0v) is 15.7. The molecule has 11 nitrogen and oxygen atoms in total. The zero-order chi connectivity index (χ0) is 21.9. The molecule has 0 spiro atoms. The van der Waals surface area contributed by atoms with Crippen molar-refractivity contribution in [1.29, 1.82) is 0 Å². The van der Waals surface area contributed by atoms with Crippen LogP contribution in [0, 0.1) is 22.0 Å². The van der Waals surface area contributed by atoms with Gasteiger partial charge in [-0.05, 0) is 25.3 Å².